The third-order valence-corrected chi connectivity index (χ3v) is 2.82. The predicted molar refractivity (Wildman–Crippen MR) is 95.6 cm³/mol. The predicted octanol–water partition coefficient (Wildman–Crippen LogP) is 3.78. The van der Waals surface area contributed by atoms with E-state index in [0.717, 1.165) is 30.7 Å². The van der Waals surface area contributed by atoms with Crippen molar-refractivity contribution in [1.82, 2.24) is 10.6 Å². The molecule has 20 heavy (non-hydrogen) atoms. The van der Waals surface area contributed by atoms with Gasteiger partial charge in [0.05, 0.1) is 6.26 Å². The highest BCUT2D eigenvalue weighted by Crippen LogP contribution is 2.05. The lowest BCUT2D eigenvalue weighted by Crippen LogP contribution is -2.37. The average molecular weight is 393 g/mol. The Labute approximate surface area is 139 Å². The van der Waals surface area contributed by atoms with Gasteiger partial charge in [-0.1, -0.05) is 26.7 Å². The fourth-order valence-corrected chi connectivity index (χ4v) is 1.79. The van der Waals surface area contributed by atoms with Crippen molar-refractivity contribution in [2.75, 3.05) is 13.1 Å². The topological polar surface area (TPSA) is 49.6 Å². The number of aliphatic imine (C=N–C) groups is 1. The van der Waals surface area contributed by atoms with E-state index in [2.05, 4.69) is 36.4 Å². The largest absolute Gasteiger partial charge is 0.467 e. The third kappa shape index (κ3) is 9.23. The van der Waals surface area contributed by atoms with E-state index in [1.54, 1.807) is 6.26 Å². The van der Waals surface area contributed by atoms with Gasteiger partial charge in [0.1, 0.15) is 12.3 Å². The Kier molecular flexibility index (Phi) is 11.6. The molecular weight excluding hydrogens is 365 g/mol. The highest BCUT2D eigenvalue weighted by molar-refractivity contribution is 14.0. The molecule has 0 unspecified atom stereocenters. The molecule has 116 valence electrons. The minimum absolute atomic E-state index is 0. The maximum absolute atomic E-state index is 5.27. The van der Waals surface area contributed by atoms with Gasteiger partial charge in [0.15, 0.2) is 5.96 Å². The van der Waals surface area contributed by atoms with Gasteiger partial charge in [0.25, 0.3) is 0 Å². The molecule has 0 saturated carbocycles. The Balaban J connectivity index is 0.00000361. The van der Waals surface area contributed by atoms with Gasteiger partial charge in [0, 0.05) is 13.1 Å². The maximum atomic E-state index is 5.27. The lowest BCUT2D eigenvalue weighted by molar-refractivity contribution is 0.511. The van der Waals surface area contributed by atoms with Gasteiger partial charge in [-0.05, 0) is 31.4 Å². The quantitative estimate of drug-likeness (QED) is 0.306. The molecule has 0 radical (unpaired) electrons. The molecule has 0 saturated heterocycles. The monoisotopic (exact) mass is 393 g/mol. The lowest BCUT2D eigenvalue weighted by atomic mass is 10.1. The number of furan rings is 1. The van der Waals surface area contributed by atoms with E-state index >= 15 is 0 Å². The molecule has 1 aromatic rings. The Morgan fingerprint density at radius 2 is 2.10 bits per heavy atom. The van der Waals surface area contributed by atoms with Crippen LogP contribution in [-0.4, -0.2) is 19.0 Å². The zero-order valence-electron chi connectivity index (χ0n) is 12.8. The molecule has 2 N–H and O–H groups in total. The summed E-state index contributed by atoms with van der Waals surface area (Å²) < 4.78 is 5.27. The summed E-state index contributed by atoms with van der Waals surface area (Å²) in [6.45, 7) is 9.02. The number of hydrogen-bond acceptors (Lipinski definition) is 2. The first kappa shape index (κ1) is 19.3. The summed E-state index contributed by atoms with van der Waals surface area (Å²) in [6, 6.07) is 3.83. The van der Waals surface area contributed by atoms with E-state index in [1.807, 2.05) is 12.1 Å². The van der Waals surface area contributed by atoms with Crippen LogP contribution in [0, 0.1) is 5.92 Å². The van der Waals surface area contributed by atoms with Crippen LogP contribution in [0.3, 0.4) is 0 Å². The summed E-state index contributed by atoms with van der Waals surface area (Å²) in [4.78, 5) is 4.49. The molecule has 0 amide bonds. The summed E-state index contributed by atoms with van der Waals surface area (Å²) in [5.41, 5.74) is 0. The molecule has 0 aliphatic rings. The molecule has 5 heteroatoms. The molecule has 0 bridgehead atoms. The molecule has 4 nitrogen and oxygen atoms in total. The Morgan fingerprint density at radius 3 is 2.70 bits per heavy atom. The molecule has 1 rings (SSSR count). The molecular formula is C15H28IN3O. The normalized spacial score (nSPS) is 11.3. The number of unbranched alkanes of at least 4 members (excludes halogenated alkanes) is 1. The number of halogens is 1. The SMILES string of the molecule is CCNC(=NCc1ccco1)NCCCCC(C)C.I. The number of rotatable bonds is 8. The fourth-order valence-electron chi connectivity index (χ4n) is 1.79. The zero-order chi connectivity index (χ0) is 13.9. The van der Waals surface area contributed by atoms with Crippen molar-refractivity contribution < 1.29 is 4.42 Å². The minimum Gasteiger partial charge on any atom is -0.467 e. The average Bonchev–Trinajstić information content (AvgIpc) is 2.88. The van der Waals surface area contributed by atoms with Gasteiger partial charge in [0.2, 0.25) is 0 Å². The Bertz CT molecular complexity index is 350. The number of nitrogens with zero attached hydrogens (tertiary/aromatic N) is 1. The third-order valence-electron chi connectivity index (χ3n) is 2.82. The van der Waals surface area contributed by atoms with Crippen LogP contribution in [-0.2, 0) is 6.54 Å². The Hall–Kier alpha value is -0.720. The number of nitrogens with one attached hydrogen (secondary N) is 2. The van der Waals surface area contributed by atoms with Crippen LogP contribution in [0.1, 0.15) is 45.8 Å². The number of guanidine groups is 1. The number of hydrogen-bond donors (Lipinski definition) is 2. The van der Waals surface area contributed by atoms with Crippen molar-refractivity contribution in [1.29, 1.82) is 0 Å². The van der Waals surface area contributed by atoms with E-state index in [1.165, 1.54) is 19.3 Å². The van der Waals surface area contributed by atoms with Crippen LogP contribution in [0.25, 0.3) is 0 Å². The van der Waals surface area contributed by atoms with E-state index < -0.39 is 0 Å². The highest BCUT2D eigenvalue weighted by atomic mass is 127. The van der Waals surface area contributed by atoms with E-state index in [-0.39, 0.29) is 24.0 Å². The molecule has 0 spiro atoms. The second-order valence-corrected chi connectivity index (χ2v) is 5.09. The maximum Gasteiger partial charge on any atom is 0.191 e. The molecule has 1 aromatic heterocycles. The first-order valence-corrected chi connectivity index (χ1v) is 7.27. The molecule has 0 fully saturated rings. The van der Waals surface area contributed by atoms with Crippen molar-refractivity contribution in [2.45, 2.75) is 46.6 Å². The molecule has 0 aromatic carbocycles. The van der Waals surface area contributed by atoms with E-state index in [0.29, 0.717) is 6.54 Å². The highest BCUT2D eigenvalue weighted by Gasteiger charge is 1.99. The van der Waals surface area contributed by atoms with Gasteiger partial charge in [-0.2, -0.15) is 0 Å². The van der Waals surface area contributed by atoms with Crippen molar-refractivity contribution in [3.8, 4) is 0 Å². The molecule has 0 atom stereocenters. The van der Waals surface area contributed by atoms with Gasteiger partial charge in [-0.25, -0.2) is 4.99 Å². The second kappa shape index (κ2) is 12.1. The summed E-state index contributed by atoms with van der Waals surface area (Å²) in [5.74, 6) is 2.54. The van der Waals surface area contributed by atoms with E-state index in [9.17, 15) is 0 Å². The van der Waals surface area contributed by atoms with Gasteiger partial charge < -0.3 is 15.1 Å². The minimum atomic E-state index is 0. The lowest BCUT2D eigenvalue weighted by Gasteiger charge is -2.11. The van der Waals surface area contributed by atoms with Gasteiger partial charge in [-0.15, -0.1) is 24.0 Å². The van der Waals surface area contributed by atoms with E-state index in [4.69, 9.17) is 4.42 Å². The van der Waals surface area contributed by atoms with Crippen molar-refractivity contribution in [2.24, 2.45) is 10.9 Å². The van der Waals surface area contributed by atoms with Crippen LogP contribution in [0.2, 0.25) is 0 Å². The first-order valence-electron chi connectivity index (χ1n) is 7.27. The Morgan fingerprint density at radius 1 is 1.30 bits per heavy atom. The second-order valence-electron chi connectivity index (χ2n) is 5.09. The molecule has 0 aliphatic carbocycles. The summed E-state index contributed by atoms with van der Waals surface area (Å²) >= 11 is 0. The van der Waals surface area contributed by atoms with Gasteiger partial charge >= 0.3 is 0 Å². The smallest absolute Gasteiger partial charge is 0.191 e. The summed E-state index contributed by atoms with van der Waals surface area (Å²) in [7, 11) is 0. The van der Waals surface area contributed by atoms with Crippen molar-refractivity contribution in [3.63, 3.8) is 0 Å². The van der Waals surface area contributed by atoms with Crippen LogP contribution in [0.4, 0.5) is 0 Å². The van der Waals surface area contributed by atoms with Crippen molar-refractivity contribution in [3.05, 3.63) is 24.2 Å². The van der Waals surface area contributed by atoms with Crippen LogP contribution in [0.5, 0.6) is 0 Å². The summed E-state index contributed by atoms with van der Waals surface area (Å²) in [5, 5.41) is 6.60. The summed E-state index contributed by atoms with van der Waals surface area (Å²) in [6.07, 6.45) is 5.42. The van der Waals surface area contributed by atoms with Crippen LogP contribution in [0.15, 0.2) is 27.8 Å². The zero-order valence-corrected chi connectivity index (χ0v) is 15.1. The fraction of sp³-hybridized carbons (Fsp3) is 0.667. The van der Waals surface area contributed by atoms with Gasteiger partial charge in [-0.3, -0.25) is 0 Å². The van der Waals surface area contributed by atoms with Crippen LogP contribution >= 0.6 is 24.0 Å². The van der Waals surface area contributed by atoms with Crippen LogP contribution < -0.4 is 10.6 Å². The molecule has 1 heterocycles. The first-order chi connectivity index (χ1) is 9.22. The van der Waals surface area contributed by atoms with Crippen molar-refractivity contribution >= 4 is 29.9 Å². The standard InChI is InChI=1S/C15H27N3O.HI/c1-4-16-15(17-10-6-5-8-13(2)3)18-12-14-9-7-11-19-14;/h7,9,11,13H,4-6,8,10,12H2,1-3H3,(H2,16,17,18);1H. The molecule has 0 aliphatic heterocycles.